The Morgan fingerprint density at radius 2 is 2.08 bits per heavy atom. The minimum Gasteiger partial charge on any atom is -0.251 e. The van der Waals surface area contributed by atoms with Crippen molar-refractivity contribution in [2.75, 3.05) is 0 Å². The SMILES string of the molecule is CC(Cl)C(C)c1c(Br)nnn1C. The zero-order chi connectivity index (χ0) is 9.30. The third-order valence-electron chi connectivity index (χ3n) is 1.95. The molecular weight excluding hydrogens is 241 g/mol. The lowest BCUT2D eigenvalue weighted by molar-refractivity contribution is 0.616. The van der Waals surface area contributed by atoms with Crippen LogP contribution in [0.15, 0.2) is 4.60 Å². The van der Waals surface area contributed by atoms with Gasteiger partial charge < -0.3 is 0 Å². The summed E-state index contributed by atoms with van der Waals surface area (Å²) in [4.78, 5) is 0. The van der Waals surface area contributed by atoms with Gasteiger partial charge in [-0.15, -0.1) is 16.7 Å². The maximum absolute atomic E-state index is 5.97. The van der Waals surface area contributed by atoms with Crippen LogP contribution in [0.2, 0.25) is 0 Å². The highest BCUT2D eigenvalue weighted by Crippen LogP contribution is 2.27. The first-order valence-electron chi connectivity index (χ1n) is 3.73. The van der Waals surface area contributed by atoms with Crippen LogP contribution < -0.4 is 0 Å². The smallest absolute Gasteiger partial charge is 0.151 e. The van der Waals surface area contributed by atoms with Gasteiger partial charge in [0.1, 0.15) is 0 Å². The lowest BCUT2D eigenvalue weighted by Gasteiger charge is -2.13. The number of hydrogen-bond donors (Lipinski definition) is 0. The Morgan fingerprint density at radius 3 is 2.42 bits per heavy atom. The minimum atomic E-state index is 0.0819. The highest BCUT2D eigenvalue weighted by molar-refractivity contribution is 9.10. The van der Waals surface area contributed by atoms with Crippen molar-refractivity contribution in [2.24, 2.45) is 7.05 Å². The molecule has 1 aromatic heterocycles. The molecule has 0 spiro atoms. The van der Waals surface area contributed by atoms with Crippen molar-refractivity contribution >= 4 is 27.5 Å². The van der Waals surface area contributed by atoms with Crippen molar-refractivity contribution in [3.63, 3.8) is 0 Å². The lowest BCUT2D eigenvalue weighted by Crippen LogP contribution is -2.10. The number of aryl methyl sites for hydroxylation is 1. The molecule has 0 aromatic carbocycles. The van der Waals surface area contributed by atoms with Crippen LogP contribution in [0, 0.1) is 0 Å². The van der Waals surface area contributed by atoms with Gasteiger partial charge in [0.15, 0.2) is 4.60 Å². The average molecular weight is 253 g/mol. The van der Waals surface area contributed by atoms with Gasteiger partial charge in [0.2, 0.25) is 0 Å². The lowest BCUT2D eigenvalue weighted by atomic mass is 10.1. The molecule has 0 bridgehead atoms. The van der Waals surface area contributed by atoms with Crippen LogP contribution in [0.3, 0.4) is 0 Å². The van der Waals surface area contributed by atoms with Gasteiger partial charge in [0.05, 0.1) is 5.69 Å². The van der Waals surface area contributed by atoms with E-state index in [1.807, 2.05) is 14.0 Å². The minimum absolute atomic E-state index is 0.0819. The fourth-order valence-electron chi connectivity index (χ4n) is 1.04. The number of aromatic nitrogens is 3. The molecule has 0 saturated carbocycles. The van der Waals surface area contributed by atoms with Gasteiger partial charge in [-0.1, -0.05) is 12.1 Å². The molecule has 0 fully saturated rings. The van der Waals surface area contributed by atoms with E-state index in [2.05, 4.69) is 33.2 Å². The zero-order valence-electron chi connectivity index (χ0n) is 7.25. The van der Waals surface area contributed by atoms with Crippen LogP contribution >= 0.6 is 27.5 Å². The molecule has 0 aliphatic rings. The highest BCUT2D eigenvalue weighted by atomic mass is 79.9. The first kappa shape index (κ1) is 9.99. The molecular formula is C7H11BrClN3. The van der Waals surface area contributed by atoms with Gasteiger partial charge >= 0.3 is 0 Å². The zero-order valence-corrected chi connectivity index (χ0v) is 9.59. The first-order valence-corrected chi connectivity index (χ1v) is 4.96. The molecule has 1 rings (SSSR count). The summed E-state index contributed by atoms with van der Waals surface area (Å²) in [5.41, 5.74) is 1.04. The number of nitrogens with zero attached hydrogens (tertiary/aromatic N) is 3. The van der Waals surface area contributed by atoms with E-state index in [-0.39, 0.29) is 11.3 Å². The summed E-state index contributed by atoms with van der Waals surface area (Å²) in [7, 11) is 1.86. The van der Waals surface area contributed by atoms with Crippen LogP contribution in [0.1, 0.15) is 25.5 Å². The summed E-state index contributed by atoms with van der Waals surface area (Å²) in [6.45, 7) is 4.02. The van der Waals surface area contributed by atoms with E-state index in [0.29, 0.717) is 0 Å². The fraction of sp³-hybridized carbons (Fsp3) is 0.714. The molecule has 1 heterocycles. The molecule has 0 aliphatic carbocycles. The van der Waals surface area contributed by atoms with Gasteiger partial charge in [0.25, 0.3) is 0 Å². The molecule has 2 atom stereocenters. The Morgan fingerprint density at radius 1 is 1.50 bits per heavy atom. The Hall–Kier alpha value is -0.0900. The Kier molecular flexibility index (Phi) is 3.12. The summed E-state index contributed by atoms with van der Waals surface area (Å²) < 4.78 is 2.53. The van der Waals surface area contributed by atoms with E-state index in [4.69, 9.17) is 11.6 Å². The quantitative estimate of drug-likeness (QED) is 0.756. The van der Waals surface area contributed by atoms with E-state index >= 15 is 0 Å². The molecule has 68 valence electrons. The second kappa shape index (κ2) is 3.75. The standard InChI is InChI=1S/C7H11BrClN3/c1-4(5(2)9)6-7(8)10-11-12(6)3/h4-5H,1-3H3. The largest absolute Gasteiger partial charge is 0.251 e. The Bertz CT molecular complexity index is 252. The maximum Gasteiger partial charge on any atom is 0.151 e. The average Bonchev–Trinajstić information content (AvgIpc) is 2.30. The molecule has 0 amide bonds. The van der Waals surface area contributed by atoms with E-state index in [1.54, 1.807) is 4.68 Å². The van der Waals surface area contributed by atoms with Gasteiger partial charge in [-0.2, -0.15) is 0 Å². The van der Waals surface area contributed by atoms with Crippen molar-refractivity contribution in [3.8, 4) is 0 Å². The predicted octanol–water partition coefficient (Wildman–Crippen LogP) is 2.31. The van der Waals surface area contributed by atoms with Crippen LogP contribution in [-0.4, -0.2) is 20.4 Å². The van der Waals surface area contributed by atoms with Gasteiger partial charge in [-0.05, 0) is 22.9 Å². The van der Waals surface area contributed by atoms with Gasteiger partial charge in [-0.3, -0.25) is 4.68 Å². The van der Waals surface area contributed by atoms with Crippen molar-refractivity contribution in [1.82, 2.24) is 15.0 Å². The molecule has 5 heteroatoms. The first-order chi connectivity index (χ1) is 5.54. The summed E-state index contributed by atoms with van der Waals surface area (Å²) in [6, 6.07) is 0. The second-order valence-corrected chi connectivity index (χ2v) is 4.29. The van der Waals surface area contributed by atoms with Crippen molar-refractivity contribution in [3.05, 3.63) is 10.3 Å². The highest BCUT2D eigenvalue weighted by Gasteiger charge is 2.19. The third-order valence-corrected chi connectivity index (χ3v) is 2.89. The number of rotatable bonds is 2. The normalized spacial score (nSPS) is 16.1. The molecule has 2 unspecified atom stereocenters. The topological polar surface area (TPSA) is 30.7 Å². The molecule has 0 radical (unpaired) electrons. The summed E-state index contributed by atoms with van der Waals surface area (Å²) in [6.07, 6.45) is 0. The molecule has 0 saturated heterocycles. The summed E-state index contributed by atoms with van der Waals surface area (Å²) in [5, 5.41) is 7.85. The van der Waals surface area contributed by atoms with Crippen molar-refractivity contribution in [2.45, 2.75) is 25.1 Å². The Labute approximate surface area is 85.2 Å². The van der Waals surface area contributed by atoms with Gasteiger partial charge in [-0.25, -0.2) is 0 Å². The maximum atomic E-state index is 5.97. The van der Waals surface area contributed by atoms with Crippen LogP contribution in [0.25, 0.3) is 0 Å². The molecule has 12 heavy (non-hydrogen) atoms. The molecule has 0 N–H and O–H groups in total. The molecule has 3 nitrogen and oxygen atoms in total. The fourth-order valence-corrected chi connectivity index (χ4v) is 1.85. The van der Waals surface area contributed by atoms with E-state index in [0.717, 1.165) is 10.3 Å². The summed E-state index contributed by atoms with van der Waals surface area (Å²) >= 11 is 9.31. The van der Waals surface area contributed by atoms with Gasteiger partial charge in [0, 0.05) is 18.3 Å². The number of halogens is 2. The van der Waals surface area contributed by atoms with Crippen LogP contribution in [0.4, 0.5) is 0 Å². The Balaban J connectivity index is 3.00. The van der Waals surface area contributed by atoms with E-state index < -0.39 is 0 Å². The predicted molar refractivity (Wildman–Crippen MR) is 52.4 cm³/mol. The van der Waals surface area contributed by atoms with E-state index in [9.17, 15) is 0 Å². The summed E-state index contributed by atoms with van der Waals surface area (Å²) in [5.74, 6) is 0.251. The van der Waals surface area contributed by atoms with E-state index in [1.165, 1.54) is 0 Å². The van der Waals surface area contributed by atoms with Crippen LogP contribution in [0.5, 0.6) is 0 Å². The molecule has 1 aromatic rings. The van der Waals surface area contributed by atoms with Crippen molar-refractivity contribution in [1.29, 1.82) is 0 Å². The molecule has 0 aliphatic heterocycles. The third kappa shape index (κ3) is 1.80. The van der Waals surface area contributed by atoms with Crippen molar-refractivity contribution < 1.29 is 0 Å². The number of alkyl halides is 1. The monoisotopic (exact) mass is 251 g/mol. The number of hydrogen-bond acceptors (Lipinski definition) is 2. The van der Waals surface area contributed by atoms with Crippen LogP contribution in [-0.2, 0) is 7.05 Å². The second-order valence-electron chi connectivity index (χ2n) is 2.86.